The van der Waals surface area contributed by atoms with Gasteiger partial charge in [-0.2, -0.15) is 0 Å². The van der Waals surface area contributed by atoms with Gasteiger partial charge in [-0.1, -0.05) is 97.1 Å². The van der Waals surface area contributed by atoms with Gasteiger partial charge in [0.1, 0.15) is 0 Å². The summed E-state index contributed by atoms with van der Waals surface area (Å²) in [7, 11) is 0. The molecular formula is C24H18O. The van der Waals surface area contributed by atoms with Gasteiger partial charge in [-0.05, 0) is 28.3 Å². The van der Waals surface area contributed by atoms with Crippen molar-refractivity contribution < 1.29 is 4.79 Å². The number of hydrogen-bond donors (Lipinski definition) is 0. The molecule has 0 spiro atoms. The fraction of sp³-hybridized carbons (Fsp3) is 0.0417. The minimum Gasteiger partial charge on any atom is -0.289 e. The van der Waals surface area contributed by atoms with Crippen LogP contribution in [0, 0.1) is 0 Å². The third-order valence-corrected chi connectivity index (χ3v) is 4.52. The van der Waals surface area contributed by atoms with Gasteiger partial charge >= 0.3 is 0 Å². The second kappa shape index (κ2) is 6.74. The summed E-state index contributed by atoms with van der Waals surface area (Å²) in [5.74, 6) is 0.0864. The van der Waals surface area contributed by atoms with Crippen LogP contribution in [0.4, 0.5) is 0 Å². The van der Waals surface area contributed by atoms with E-state index in [0.717, 1.165) is 33.9 Å². The van der Waals surface area contributed by atoms with E-state index in [2.05, 4.69) is 30.3 Å². The largest absolute Gasteiger partial charge is 0.289 e. The van der Waals surface area contributed by atoms with Crippen molar-refractivity contribution in [2.75, 3.05) is 0 Å². The molecule has 0 aromatic heterocycles. The summed E-state index contributed by atoms with van der Waals surface area (Å²) in [5, 5.41) is 2.11. The quantitative estimate of drug-likeness (QED) is 0.443. The molecule has 0 amide bonds. The van der Waals surface area contributed by atoms with Gasteiger partial charge in [-0.15, -0.1) is 0 Å². The molecule has 25 heavy (non-hydrogen) atoms. The molecule has 0 aliphatic heterocycles. The molecule has 120 valence electrons. The lowest BCUT2D eigenvalue weighted by atomic mass is 9.90. The van der Waals surface area contributed by atoms with Gasteiger partial charge in [0.2, 0.25) is 0 Å². The molecule has 0 radical (unpaired) electrons. The maximum absolute atomic E-state index is 13.3. The standard InChI is InChI=1S/C24H18O/c25-24(20-12-5-2-6-13-20)23-21(17-18-9-3-1-4-10-18)16-15-19-11-7-8-14-22(19)23/h1-16H,17H2. The van der Waals surface area contributed by atoms with Gasteiger partial charge in [-0.3, -0.25) is 4.79 Å². The van der Waals surface area contributed by atoms with E-state index in [1.807, 2.05) is 66.7 Å². The minimum absolute atomic E-state index is 0.0864. The number of carbonyl (C=O) groups is 1. The molecule has 0 saturated heterocycles. The summed E-state index contributed by atoms with van der Waals surface area (Å²) in [6.07, 6.45) is 0.750. The first-order chi connectivity index (χ1) is 12.3. The van der Waals surface area contributed by atoms with E-state index in [-0.39, 0.29) is 5.78 Å². The minimum atomic E-state index is 0.0864. The van der Waals surface area contributed by atoms with Crippen molar-refractivity contribution in [3.63, 3.8) is 0 Å². The van der Waals surface area contributed by atoms with Crippen LogP contribution >= 0.6 is 0 Å². The number of fused-ring (bicyclic) bond motifs is 1. The molecular weight excluding hydrogens is 304 g/mol. The third-order valence-electron chi connectivity index (χ3n) is 4.52. The molecule has 0 unspecified atom stereocenters. The van der Waals surface area contributed by atoms with Gasteiger partial charge < -0.3 is 0 Å². The maximum atomic E-state index is 13.3. The van der Waals surface area contributed by atoms with E-state index < -0.39 is 0 Å². The number of ketones is 1. The zero-order chi connectivity index (χ0) is 17.1. The molecule has 0 aliphatic rings. The Bertz CT molecular complexity index is 1020. The normalized spacial score (nSPS) is 10.7. The molecule has 0 aliphatic carbocycles. The van der Waals surface area contributed by atoms with Crippen LogP contribution < -0.4 is 0 Å². The predicted octanol–water partition coefficient (Wildman–Crippen LogP) is 5.66. The number of carbonyl (C=O) groups excluding carboxylic acids is 1. The Balaban J connectivity index is 1.89. The average molecular weight is 322 g/mol. The van der Waals surface area contributed by atoms with E-state index in [0.29, 0.717) is 0 Å². The van der Waals surface area contributed by atoms with Crippen molar-refractivity contribution in [2.45, 2.75) is 6.42 Å². The van der Waals surface area contributed by atoms with Gasteiger partial charge in [0.05, 0.1) is 0 Å². The highest BCUT2D eigenvalue weighted by atomic mass is 16.1. The number of benzene rings is 4. The first-order valence-corrected chi connectivity index (χ1v) is 8.47. The van der Waals surface area contributed by atoms with E-state index in [9.17, 15) is 4.79 Å². The van der Waals surface area contributed by atoms with Crippen molar-refractivity contribution in [1.82, 2.24) is 0 Å². The van der Waals surface area contributed by atoms with Crippen LogP contribution in [-0.4, -0.2) is 5.78 Å². The topological polar surface area (TPSA) is 17.1 Å². The van der Waals surface area contributed by atoms with Crippen molar-refractivity contribution >= 4 is 16.6 Å². The van der Waals surface area contributed by atoms with Gasteiger partial charge in [0, 0.05) is 11.1 Å². The van der Waals surface area contributed by atoms with Crippen LogP contribution in [0.25, 0.3) is 10.8 Å². The van der Waals surface area contributed by atoms with Gasteiger partial charge in [0.25, 0.3) is 0 Å². The number of hydrogen-bond acceptors (Lipinski definition) is 1. The van der Waals surface area contributed by atoms with Crippen LogP contribution in [0.3, 0.4) is 0 Å². The molecule has 4 aromatic rings. The smallest absolute Gasteiger partial charge is 0.193 e. The Morgan fingerprint density at radius 3 is 2.04 bits per heavy atom. The first kappa shape index (κ1) is 15.3. The monoisotopic (exact) mass is 322 g/mol. The summed E-state index contributed by atoms with van der Waals surface area (Å²) < 4.78 is 0. The highest BCUT2D eigenvalue weighted by Gasteiger charge is 2.17. The fourth-order valence-corrected chi connectivity index (χ4v) is 3.28. The Morgan fingerprint density at radius 2 is 1.28 bits per heavy atom. The molecule has 0 fully saturated rings. The van der Waals surface area contributed by atoms with E-state index in [1.54, 1.807) is 0 Å². The second-order valence-corrected chi connectivity index (χ2v) is 6.18. The molecule has 0 bridgehead atoms. The first-order valence-electron chi connectivity index (χ1n) is 8.47. The molecule has 0 heterocycles. The molecule has 4 aromatic carbocycles. The Labute approximate surface area is 147 Å². The third kappa shape index (κ3) is 3.09. The predicted molar refractivity (Wildman–Crippen MR) is 103 cm³/mol. The van der Waals surface area contributed by atoms with Crippen LogP contribution in [-0.2, 0) is 6.42 Å². The highest BCUT2D eigenvalue weighted by molar-refractivity contribution is 6.17. The van der Waals surface area contributed by atoms with Gasteiger partial charge in [-0.25, -0.2) is 0 Å². The van der Waals surface area contributed by atoms with Crippen LogP contribution in [0.15, 0.2) is 97.1 Å². The average Bonchev–Trinajstić information content (AvgIpc) is 2.69. The van der Waals surface area contributed by atoms with Crippen molar-refractivity contribution in [2.24, 2.45) is 0 Å². The van der Waals surface area contributed by atoms with Crippen molar-refractivity contribution in [1.29, 1.82) is 0 Å². The Hall–Kier alpha value is -3.19. The zero-order valence-corrected chi connectivity index (χ0v) is 13.9. The number of rotatable bonds is 4. The van der Waals surface area contributed by atoms with Crippen LogP contribution in [0.2, 0.25) is 0 Å². The molecule has 0 atom stereocenters. The van der Waals surface area contributed by atoms with Crippen LogP contribution in [0.5, 0.6) is 0 Å². The Morgan fingerprint density at radius 1 is 0.640 bits per heavy atom. The van der Waals surface area contributed by atoms with Crippen molar-refractivity contribution in [3.8, 4) is 0 Å². The molecule has 1 nitrogen and oxygen atoms in total. The summed E-state index contributed by atoms with van der Waals surface area (Å²) in [5.41, 5.74) is 3.82. The van der Waals surface area contributed by atoms with Crippen molar-refractivity contribution in [3.05, 3.63) is 119 Å². The second-order valence-electron chi connectivity index (χ2n) is 6.18. The summed E-state index contributed by atoms with van der Waals surface area (Å²) >= 11 is 0. The van der Waals surface area contributed by atoms with E-state index in [4.69, 9.17) is 0 Å². The van der Waals surface area contributed by atoms with E-state index in [1.165, 1.54) is 5.56 Å². The SMILES string of the molecule is O=C(c1ccccc1)c1c(Cc2ccccc2)ccc2ccccc12. The van der Waals surface area contributed by atoms with Gasteiger partial charge in [0.15, 0.2) is 5.78 Å². The van der Waals surface area contributed by atoms with E-state index >= 15 is 0 Å². The van der Waals surface area contributed by atoms with Crippen LogP contribution in [0.1, 0.15) is 27.0 Å². The Kier molecular flexibility index (Phi) is 4.14. The molecule has 0 saturated carbocycles. The molecule has 1 heteroatoms. The maximum Gasteiger partial charge on any atom is 0.193 e. The lowest BCUT2D eigenvalue weighted by Gasteiger charge is -2.13. The fourth-order valence-electron chi connectivity index (χ4n) is 3.28. The lowest BCUT2D eigenvalue weighted by molar-refractivity contribution is 0.103. The highest BCUT2D eigenvalue weighted by Crippen LogP contribution is 2.27. The zero-order valence-electron chi connectivity index (χ0n) is 13.9. The lowest BCUT2D eigenvalue weighted by Crippen LogP contribution is -2.07. The summed E-state index contributed by atoms with van der Waals surface area (Å²) in [6, 6.07) is 32.1. The molecule has 0 N–H and O–H groups in total. The summed E-state index contributed by atoms with van der Waals surface area (Å²) in [4.78, 5) is 13.3. The summed E-state index contributed by atoms with van der Waals surface area (Å²) in [6.45, 7) is 0. The molecule has 4 rings (SSSR count).